The fourth-order valence-corrected chi connectivity index (χ4v) is 14.2. The number of esters is 1. The van der Waals surface area contributed by atoms with Crippen molar-refractivity contribution in [2.45, 2.75) is 202 Å². The molecular formula is C48H81N3O6. The normalized spacial score (nSPS) is 37.4. The van der Waals surface area contributed by atoms with Gasteiger partial charge in [0.25, 0.3) is 0 Å². The highest BCUT2D eigenvalue weighted by Crippen LogP contribution is 2.77. The SMILES string of the molecule is C=C(C)[C@@H]1CC[C@]2(C(=O)NCCCCCCCCC(=O)N[C@@H](CCC(N)=O)C(=O)OC(C)(C)C)CC[C@]3(C)[C@H](CC[C@@H]4[C@@]5(C)CC[C@H](O)C(C)(C)[C@@H]5CC[C@]43C)[C@@H]12. The van der Waals surface area contributed by atoms with Crippen molar-refractivity contribution in [1.29, 1.82) is 0 Å². The van der Waals surface area contributed by atoms with E-state index in [9.17, 15) is 24.3 Å². The van der Waals surface area contributed by atoms with E-state index in [2.05, 4.69) is 58.8 Å². The Morgan fingerprint density at radius 1 is 0.807 bits per heavy atom. The predicted molar refractivity (Wildman–Crippen MR) is 227 cm³/mol. The Bertz CT molecular complexity index is 1500. The highest BCUT2D eigenvalue weighted by Gasteiger charge is 2.71. The van der Waals surface area contributed by atoms with Crippen molar-refractivity contribution >= 4 is 23.7 Å². The van der Waals surface area contributed by atoms with Crippen LogP contribution in [0.5, 0.6) is 0 Å². The molecule has 0 aromatic rings. The molecule has 0 heterocycles. The summed E-state index contributed by atoms with van der Waals surface area (Å²) in [5.74, 6) is 1.45. The largest absolute Gasteiger partial charge is 0.458 e. The van der Waals surface area contributed by atoms with Crippen molar-refractivity contribution in [2.24, 2.45) is 62.4 Å². The number of ether oxygens (including phenoxy) is 1. The van der Waals surface area contributed by atoms with Crippen LogP contribution in [0.4, 0.5) is 0 Å². The van der Waals surface area contributed by atoms with E-state index in [-0.39, 0.29) is 57.8 Å². The predicted octanol–water partition coefficient (Wildman–Crippen LogP) is 8.94. The molecule has 5 aliphatic carbocycles. The van der Waals surface area contributed by atoms with Crippen molar-refractivity contribution in [3.8, 4) is 0 Å². The van der Waals surface area contributed by atoms with Crippen LogP contribution >= 0.6 is 0 Å². The molecule has 0 aliphatic heterocycles. The first-order valence-electron chi connectivity index (χ1n) is 23.0. The maximum absolute atomic E-state index is 14.5. The highest BCUT2D eigenvalue weighted by atomic mass is 16.6. The van der Waals surface area contributed by atoms with Gasteiger partial charge in [0.15, 0.2) is 0 Å². The number of carbonyl (C=O) groups excluding carboxylic acids is 4. The molecule has 0 radical (unpaired) electrons. The van der Waals surface area contributed by atoms with Gasteiger partial charge in [0.1, 0.15) is 11.6 Å². The van der Waals surface area contributed by atoms with E-state index < -0.39 is 23.5 Å². The Morgan fingerprint density at radius 3 is 2.12 bits per heavy atom. The van der Waals surface area contributed by atoms with E-state index in [1.165, 1.54) is 31.3 Å². The van der Waals surface area contributed by atoms with Gasteiger partial charge < -0.3 is 26.2 Å². The first-order valence-corrected chi connectivity index (χ1v) is 23.0. The quantitative estimate of drug-likeness (QED) is 0.0697. The number of fused-ring (bicyclic) bond motifs is 7. The summed E-state index contributed by atoms with van der Waals surface area (Å²) in [6.45, 7) is 25.2. The van der Waals surface area contributed by atoms with E-state index in [0.29, 0.717) is 49.0 Å². The van der Waals surface area contributed by atoms with Crippen LogP contribution < -0.4 is 16.4 Å². The molecule has 11 atom stereocenters. The van der Waals surface area contributed by atoms with Gasteiger partial charge in [-0.3, -0.25) is 14.4 Å². The van der Waals surface area contributed by atoms with Crippen LogP contribution in [0.15, 0.2) is 12.2 Å². The van der Waals surface area contributed by atoms with Crippen LogP contribution in [0.1, 0.15) is 184 Å². The second-order valence-corrected chi connectivity index (χ2v) is 22.0. The lowest BCUT2D eigenvalue weighted by Gasteiger charge is -2.72. The molecular weight excluding hydrogens is 715 g/mol. The number of rotatable bonds is 16. The number of amides is 3. The summed E-state index contributed by atoms with van der Waals surface area (Å²) in [6, 6.07) is -0.893. The van der Waals surface area contributed by atoms with E-state index in [1.54, 1.807) is 20.8 Å². The Labute approximate surface area is 345 Å². The highest BCUT2D eigenvalue weighted by molar-refractivity contribution is 5.85. The topological polar surface area (TPSA) is 148 Å². The number of hydrogen-bond donors (Lipinski definition) is 4. The molecule has 5 N–H and O–H groups in total. The molecule has 324 valence electrons. The number of allylic oxidation sites excluding steroid dienone is 1. The fraction of sp³-hybridized carbons (Fsp3) is 0.875. The molecule has 5 fully saturated rings. The smallest absolute Gasteiger partial charge is 0.329 e. The number of hydrogen-bond acceptors (Lipinski definition) is 6. The zero-order valence-corrected chi connectivity index (χ0v) is 37.5. The van der Waals surface area contributed by atoms with Crippen LogP contribution in [-0.2, 0) is 23.9 Å². The molecule has 5 saturated carbocycles. The van der Waals surface area contributed by atoms with Gasteiger partial charge in [0.05, 0.1) is 11.5 Å². The van der Waals surface area contributed by atoms with Gasteiger partial charge >= 0.3 is 5.97 Å². The summed E-state index contributed by atoms with van der Waals surface area (Å²) in [4.78, 5) is 51.1. The van der Waals surface area contributed by atoms with Crippen LogP contribution in [0.2, 0.25) is 0 Å². The van der Waals surface area contributed by atoms with Crippen LogP contribution in [-0.4, -0.2) is 53.1 Å². The molecule has 9 nitrogen and oxygen atoms in total. The molecule has 5 aliphatic rings. The second-order valence-electron chi connectivity index (χ2n) is 22.0. The first-order chi connectivity index (χ1) is 26.5. The van der Waals surface area contributed by atoms with Gasteiger partial charge in [0.2, 0.25) is 17.7 Å². The van der Waals surface area contributed by atoms with Crippen LogP contribution in [0.25, 0.3) is 0 Å². The number of carbonyl (C=O) groups is 4. The Kier molecular flexibility index (Phi) is 13.8. The Balaban J connectivity index is 1.11. The molecule has 0 aromatic carbocycles. The zero-order valence-electron chi connectivity index (χ0n) is 37.5. The minimum Gasteiger partial charge on any atom is -0.458 e. The van der Waals surface area contributed by atoms with Gasteiger partial charge in [-0.15, -0.1) is 0 Å². The molecule has 0 bridgehead atoms. The number of primary amides is 1. The minimum atomic E-state index is -0.893. The summed E-state index contributed by atoms with van der Waals surface area (Å²) >= 11 is 0. The second kappa shape index (κ2) is 17.3. The standard InChI is InChI=1S/C48H81N3O6/c1-31(2)32-22-27-48(42(56)50-30-16-14-12-11-13-15-17-39(54)51-34(19-21-38(49)53)41(55)57-43(3,4)5)29-28-46(9)33(40(32)48)18-20-36-45(8)25-24-37(52)44(6,7)35(45)23-26-47(36,46)10/h32-37,40,52H,1,11-30H2,2-10H3,(H2,49,53)(H,50,56)(H,51,54)/t32-,33+,34-,35-,36+,37-,40+,45-,46+,47+,48-/m0/s1. The van der Waals surface area contributed by atoms with E-state index in [4.69, 9.17) is 10.5 Å². The van der Waals surface area contributed by atoms with Gasteiger partial charge in [-0.1, -0.05) is 72.5 Å². The third-order valence-corrected chi connectivity index (χ3v) is 17.3. The molecule has 0 aromatic heterocycles. The van der Waals surface area contributed by atoms with Crippen molar-refractivity contribution in [3.05, 3.63) is 12.2 Å². The van der Waals surface area contributed by atoms with Crippen LogP contribution in [0, 0.1) is 56.7 Å². The van der Waals surface area contributed by atoms with Crippen molar-refractivity contribution in [2.75, 3.05) is 6.54 Å². The lowest BCUT2D eigenvalue weighted by atomic mass is 9.32. The van der Waals surface area contributed by atoms with E-state index in [0.717, 1.165) is 70.6 Å². The number of nitrogens with one attached hydrogen (secondary N) is 2. The van der Waals surface area contributed by atoms with Gasteiger partial charge in [-0.25, -0.2) is 4.79 Å². The molecule has 9 heteroatoms. The van der Waals surface area contributed by atoms with Gasteiger partial charge in [-0.05, 0) is 162 Å². The third-order valence-electron chi connectivity index (χ3n) is 17.3. The molecule has 57 heavy (non-hydrogen) atoms. The van der Waals surface area contributed by atoms with E-state index in [1.807, 2.05) is 0 Å². The fourth-order valence-electron chi connectivity index (χ4n) is 14.2. The molecule has 0 unspecified atom stereocenters. The van der Waals surface area contributed by atoms with Crippen LogP contribution in [0.3, 0.4) is 0 Å². The lowest BCUT2D eigenvalue weighted by molar-refractivity contribution is -0.246. The average molecular weight is 796 g/mol. The summed E-state index contributed by atoms with van der Waals surface area (Å²) in [5, 5.41) is 17.3. The number of aliphatic hydroxyl groups excluding tert-OH is 1. The van der Waals surface area contributed by atoms with Gasteiger partial charge in [0, 0.05) is 19.4 Å². The number of unbranched alkanes of at least 4 members (excludes halogenated alkanes) is 5. The number of aliphatic hydroxyl groups is 1. The van der Waals surface area contributed by atoms with Crippen molar-refractivity contribution in [3.63, 3.8) is 0 Å². The monoisotopic (exact) mass is 796 g/mol. The zero-order chi connectivity index (χ0) is 42.2. The molecule has 0 spiro atoms. The summed E-state index contributed by atoms with van der Waals surface area (Å²) in [6.07, 6.45) is 16.9. The first kappa shape index (κ1) is 45.7. The lowest BCUT2D eigenvalue weighted by Crippen LogP contribution is -2.67. The van der Waals surface area contributed by atoms with Gasteiger partial charge in [-0.2, -0.15) is 0 Å². The third kappa shape index (κ3) is 8.90. The Morgan fingerprint density at radius 2 is 1.47 bits per heavy atom. The molecule has 0 saturated heterocycles. The summed E-state index contributed by atoms with van der Waals surface area (Å²) in [7, 11) is 0. The maximum atomic E-state index is 14.5. The summed E-state index contributed by atoms with van der Waals surface area (Å²) in [5.41, 5.74) is 6.14. The summed E-state index contributed by atoms with van der Waals surface area (Å²) < 4.78 is 5.44. The molecule has 5 rings (SSSR count). The Hall–Kier alpha value is -2.42. The molecule has 3 amide bonds. The van der Waals surface area contributed by atoms with Crippen molar-refractivity contribution in [1.82, 2.24) is 10.6 Å². The minimum absolute atomic E-state index is 0.00663. The average Bonchev–Trinajstić information content (AvgIpc) is 3.52. The number of nitrogens with two attached hydrogens (primary N) is 1. The maximum Gasteiger partial charge on any atom is 0.329 e. The van der Waals surface area contributed by atoms with Crippen molar-refractivity contribution < 1.29 is 29.0 Å². The van der Waals surface area contributed by atoms with E-state index >= 15 is 0 Å².